The quantitative estimate of drug-likeness (QED) is 0.884. The van der Waals surface area contributed by atoms with E-state index in [4.69, 9.17) is 15.3 Å². The van der Waals surface area contributed by atoms with Gasteiger partial charge in [0.15, 0.2) is 6.10 Å². The number of H-pyrrole nitrogens is 1. The van der Waals surface area contributed by atoms with E-state index in [0.717, 1.165) is 29.1 Å². The zero-order valence-electron chi connectivity index (χ0n) is 11.4. The molecule has 0 bridgehead atoms. The third-order valence-corrected chi connectivity index (χ3v) is 3.13. The van der Waals surface area contributed by atoms with E-state index in [1.165, 1.54) is 0 Å². The van der Waals surface area contributed by atoms with Crippen molar-refractivity contribution in [2.24, 2.45) is 10.9 Å². The van der Waals surface area contributed by atoms with Gasteiger partial charge in [-0.3, -0.25) is 5.10 Å². The van der Waals surface area contributed by atoms with Gasteiger partial charge in [0, 0.05) is 24.7 Å². The fraction of sp³-hybridized carbons (Fsp3) is 0.286. The summed E-state index contributed by atoms with van der Waals surface area (Å²) >= 11 is 0. The first-order valence-corrected chi connectivity index (χ1v) is 6.50. The highest BCUT2D eigenvalue weighted by molar-refractivity contribution is 5.87. The van der Waals surface area contributed by atoms with Gasteiger partial charge >= 0.3 is 0 Å². The van der Waals surface area contributed by atoms with Crippen molar-refractivity contribution < 1.29 is 9.57 Å². The first-order valence-electron chi connectivity index (χ1n) is 6.50. The lowest BCUT2D eigenvalue weighted by Gasteiger charge is -2.13. The van der Waals surface area contributed by atoms with E-state index in [-0.39, 0.29) is 18.5 Å². The first-order chi connectivity index (χ1) is 9.86. The van der Waals surface area contributed by atoms with E-state index < -0.39 is 0 Å². The number of nitrogens with zero attached hydrogens (tertiary/aromatic N) is 2. The molecule has 0 saturated heterocycles. The summed E-state index contributed by atoms with van der Waals surface area (Å²) in [7, 11) is 0. The zero-order chi connectivity index (χ0) is 13.8. The molecule has 0 radical (unpaired) electrons. The predicted molar refractivity (Wildman–Crippen MR) is 82.7 cm³/mol. The van der Waals surface area contributed by atoms with Crippen LogP contribution in [0.25, 0.3) is 11.3 Å². The lowest BCUT2D eigenvalue weighted by Crippen LogP contribution is -2.20. The van der Waals surface area contributed by atoms with E-state index in [9.17, 15) is 0 Å². The van der Waals surface area contributed by atoms with Gasteiger partial charge in [0.1, 0.15) is 12.4 Å². The molecule has 0 spiro atoms. The number of rotatable bonds is 5. The molecule has 1 aromatic heterocycles. The van der Waals surface area contributed by atoms with Crippen LogP contribution in [0.4, 0.5) is 0 Å². The number of para-hydroxylation sites is 1. The molecular weight excluding hydrogens is 292 g/mol. The molecule has 112 valence electrons. The Labute approximate surface area is 128 Å². The third kappa shape index (κ3) is 3.53. The van der Waals surface area contributed by atoms with Crippen LogP contribution in [0.1, 0.15) is 6.42 Å². The van der Waals surface area contributed by atoms with E-state index in [2.05, 4.69) is 15.4 Å². The van der Waals surface area contributed by atoms with E-state index in [0.29, 0.717) is 13.2 Å². The second-order valence-corrected chi connectivity index (χ2v) is 4.57. The molecule has 21 heavy (non-hydrogen) atoms. The monoisotopic (exact) mass is 308 g/mol. The number of aromatic nitrogens is 2. The minimum absolute atomic E-state index is 0. The van der Waals surface area contributed by atoms with Crippen molar-refractivity contribution in [2.45, 2.75) is 12.5 Å². The molecule has 0 fully saturated rings. The van der Waals surface area contributed by atoms with E-state index >= 15 is 0 Å². The summed E-state index contributed by atoms with van der Waals surface area (Å²) in [5, 5.41) is 10.8. The summed E-state index contributed by atoms with van der Waals surface area (Å²) in [5.41, 5.74) is 8.30. The Morgan fingerprint density at radius 2 is 2.19 bits per heavy atom. The minimum atomic E-state index is -0.0663. The van der Waals surface area contributed by atoms with Crippen molar-refractivity contribution in [3.8, 4) is 17.0 Å². The van der Waals surface area contributed by atoms with Gasteiger partial charge in [0.2, 0.25) is 0 Å². The Morgan fingerprint density at radius 1 is 1.33 bits per heavy atom. The highest BCUT2D eigenvalue weighted by atomic mass is 35.5. The van der Waals surface area contributed by atoms with Gasteiger partial charge in [-0.1, -0.05) is 17.3 Å². The summed E-state index contributed by atoms with van der Waals surface area (Å²) in [6.45, 7) is 0.874. The molecule has 1 unspecified atom stereocenters. The number of hydrogen-bond donors (Lipinski definition) is 2. The number of ether oxygens (including phenoxy) is 1. The molecule has 2 heterocycles. The zero-order valence-corrected chi connectivity index (χ0v) is 12.2. The van der Waals surface area contributed by atoms with Crippen molar-refractivity contribution in [2.75, 3.05) is 13.2 Å². The molecule has 2 aromatic rings. The summed E-state index contributed by atoms with van der Waals surface area (Å²) in [4.78, 5) is 5.27. The third-order valence-electron chi connectivity index (χ3n) is 3.13. The molecule has 0 amide bonds. The van der Waals surface area contributed by atoms with Crippen molar-refractivity contribution in [1.29, 1.82) is 0 Å². The van der Waals surface area contributed by atoms with Crippen LogP contribution in [0.5, 0.6) is 5.75 Å². The van der Waals surface area contributed by atoms with E-state index in [1.807, 2.05) is 30.3 Å². The topological polar surface area (TPSA) is 85.5 Å². The Bertz CT molecular complexity index is 601. The molecular formula is C14H17ClN4O2. The highest BCUT2D eigenvalue weighted by Gasteiger charge is 2.21. The van der Waals surface area contributed by atoms with Crippen molar-refractivity contribution >= 4 is 18.1 Å². The van der Waals surface area contributed by atoms with Crippen LogP contribution in [-0.4, -0.2) is 35.2 Å². The molecule has 1 aliphatic heterocycles. The van der Waals surface area contributed by atoms with Crippen molar-refractivity contribution in [3.63, 3.8) is 0 Å². The standard InChI is InChI=1S/C14H16N4O2.ClH/c15-8-10-7-11(20-18-10)9-19-14-4-2-1-3-12(14)13-5-6-16-17-13;/h1-6,11H,7-9,15H2,(H,16,17);1H. The van der Waals surface area contributed by atoms with Crippen LogP contribution < -0.4 is 10.5 Å². The van der Waals surface area contributed by atoms with Gasteiger partial charge < -0.3 is 15.3 Å². The number of halogens is 1. The second-order valence-electron chi connectivity index (χ2n) is 4.57. The fourth-order valence-corrected chi connectivity index (χ4v) is 2.10. The summed E-state index contributed by atoms with van der Waals surface area (Å²) in [6, 6.07) is 9.72. The number of oxime groups is 1. The Hall–Kier alpha value is -2.05. The van der Waals surface area contributed by atoms with Crippen LogP contribution >= 0.6 is 12.4 Å². The molecule has 3 rings (SSSR count). The molecule has 7 heteroatoms. The average Bonchev–Trinajstić information content (AvgIpc) is 3.17. The van der Waals surface area contributed by atoms with Gasteiger partial charge in [0.25, 0.3) is 0 Å². The number of nitrogens with one attached hydrogen (secondary N) is 1. The molecule has 3 N–H and O–H groups in total. The molecule has 1 atom stereocenters. The van der Waals surface area contributed by atoms with Gasteiger partial charge in [-0.15, -0.1) is 12.4 Å². The van der Waals surface area contributed by atoms with Crippen LogP contribution in [0.15, 0.2) is 41.7 Å². The van der Waals surface area contributed by atoms with E-state index in [1.54, 1.807) is 6.20 Å². The van der Waals surface area contributed by atoms with Gasteiger partial charge in [-0.25, -0.2) is 0 Å². The largest absolute Gasteiger partial charge is 0.489 e. The predicted octanol–water partition coefficient (Wildman–Crippen LogP) is 1.98. The minimum Gasteiger partial charge on any atom is -0.489 e. The van der Waals surface area contributed by atoms with Crippen LogP contribution in [0, 0.1) is 0 Å². The Morgan fingerprint density at radius 3 is 2.90 bits per heavy atom. The highest BCUT2D eigenvalue weighted by Crippen LogP contribution is 2.28. The molecule has 0 aliphatic carbocycles. The maximum atomic E-state index is 5.85. The molecule has 1 aromatic carbocycles. The number of nitrogens with two attached hydrogens (primary N) is 1. The summed E-state index contributed by atoms with van der Waals surface area (Å²) in [5.74, 6) is 0.793. The van der Waals surface area contributed by atoms with Gasteiger partial charge in [0.05, 0.1) is 11.4 Å². The van der Waals surface area contributed by atoms with Crippen LogP contribution in [0.2, 0.25) is 0 Å². The molecule has 6 nitrogen and oxygen atoms in total. The van der Waals surface area contributed by atoms with Crippen molar-refractivity contribution in [1.82, 2.24) is 10.2 Å². The lowest BCUT2D eigenvalue weighted by atomic mass is 10.1. The first kappa shape index (κ1) is 15.3. The number of aromatic amines is 1. The SMILES string of the molecule is Cl.NCC1=NOC(COc2ccccc2-c2ccn[nH]2)C1. The number of benzene rings is 1. The molecule has 0 saturated carbocycles. The summed E-state index contributed by atoms with van der Waals surface area (Å²) in [6.07, 6.45) is 2.37. The summed E-state index contributed by atoms with van der Waals surface area (Å²) < 4.78 is 5.85. The van der Waals surface area contributed by atoms with Crippen LogP contribution in [-0.2, 0) is 4.84 Å². The fourth-order valence-electron chi connectivity index (χ4n) is 2.10. The normalized spacial score (nSPS) is 16.8. The van der Waals surface area contributed by atoms with Gasteiger partial charge in [-0.05, 0) is 18.2 Å². The maximum Gasteiger partial charge on any atom is 0.166 e. The number of hydrogen-bond acceptors (Lipinski definition) is 5. The molecule has 1 aliphatic rings. The maximum absolute atomic E-state index is 5.85. The van der Waals surface area contributed by atoms with Crippen LogP contribution in [0.3, 0.4) is 0 Å². The Balaban J connectivity index is 0.00000161. The van der Waals surface area contributed by atoms with Crippen molar-refractivity contribution in [3.05, 3.63) is 36.5 Å². The Kier molecular flexibility index (Phi) is 5.19. The average molecular weight is 309 g/mol. The van der Waals surface area contributed by atoms with Gasteiger partial charge in [-0.2, -0.15) is 5.10 Å². The second kappa shape index (κ2) is 7.10. The lowest BCUT2D eigenvalue weighted by molar-refractivity contribution is 0.0472. The smallest absolute Gasteiger partial charge is 0.166 e.